The summed E-state index contributed by atoms with van der Waals surface area (Å²) in [5.41, 5.74) is 1.09. The minimum atomic E-state index is -0.579. The lowest BCUT2D eigenvalue weighted by Crippen LogP contribution is -1.96. The normalized spacial score (nSPS) is 10.8. The Morgan fingerprint density at radius 2 is 1.88 bits per heavy atom. The first-order valence-corrected chi connectivity index (χ1v) is 5.12. The lowest BCUT2D eigenvalue weighted by molar-refractivity contribution is 0.586. The third kappa shape index (κ3) is 1.71. The standard InChI is InChI=1S/C12H12F2N2/c1-3-16-7-8(2)12(15-16)11-9(13)5-4-6-10(11)14/h4-7H,3H2,1-2H3. The molecule has 0 amide bonds. The predicted molar refractivity (Wildman–Crippen MR) is 58.0 cm³/mol. The van der Waals surface area contributed by atoms with E-state index in [9.17, 15) is 8.78 Å². The summed E-state index contributed by atoms with van der Waals surface area (Å²) in [6.07, 6.45) is 1.78. The zero-order valence-corrected chi connectivity index (χ0v) is 9.17. The zero-order chi connectivity index (χ0) is 11.7. The number of aryl methyl sites for hydroxylation is 2. The molecule has 1 aromatic heterocycles. The molecule has 0 spiro atoms. The lowest BCUT2D eigenvalue weighted by Gasteiger charge is -2.02. The maximum atomic E-state index is 13.5. The number of rotatable bonds is 2. The van der Waals surface area contributed by atoms with Crippen LogP contribution in [0.25, 0.3) is 11.3 Å². The number of hydrogen-bond donors (Lipinski definition) is 0. The second-order valence-electron chi connectivity index (χ2n) is 3.61. The first-order chi connectivity index (χ1) is 7.63. The van der Waals surface area contributed by atoms with Gasteiger partial charge in [0.05, 0.1) is 5.56 Å². The van der Waals surface area contributed by atoms with Crippen molar-refractivity contribution in [3.8, 4) is 11.3 Å². The number of benzene rings is 1. The van der Waals surface area contributed by atoms with Crippen molar-refractivity contribution in [3.63, 3.8) is 0 Å². The molecule has 0 fully saturated rings. The van der Waals surface area contributed by atoms with Gasteiger partial charge in [-0.1, -0.05) is 6.07 Å². The van der Waals surface area contributed by atoms with E-state index >= 15 is 0 Å². The van der Waals surface area contributed by atoms with Crippen LogP contribution < -0.4 is 0 Å². The second-order valence-corrected chi connectivity index (χ2v) is 3.61. The number of aromatic nitrogens is 2. The Bertz CT molecular complexity index is 497. The molecule has 1 aromatic carbocycles. The van der Waals surface area contributed by atoms with Crippen LogP contribution in [0.1, 0.15) is 12.5 Å². The first kappa shape index (κ1) is 10.8. The highest BCUT2D eigenvalue weighted by atomic mass is 19.1. The first-order valence-electron chi connectivity index (χ1n) is 5.12. The van der Waals surface area contributed by atoms with Crippen molar-refractivity contribution in [3.05, 3.63) is 41.6 Å². The van der Waals surface area contributed by atoms with Crippen LogP contribution in [0, 0.1) is 18.6 Å². The predicted octanol–water partition coefficient (Wildman–Crippen LogP) is 3.16. The highest BCUT2D eigenvalue weighted by molar-refractivity contribution is 5.63. The Kier molecular flexibility index (Phi) is 2.73. The summed E-state index contributed by atoms with van der Waals surface area (Å²) < 4.78 is 28.7. The van der Waals surface area contributed by atoms with Crippen LogP contribution in [0.5, 0.6) is 0 Å². The Hall–Kier alpha value is -1.71. The molecule has 2 rings (SSSR count). The van der Waals surface area contributed by atoms with Gasteiger partial charge >= 0.3 is 0 Å². The Labute approximate surface area is 92.5 Å². The van der Waals surface area contributed by atoms with Gasteiger partial charge in [0.2, 0.25) is 0 Å². The lowest BCUT2D eigenvalue weighted by atomic mass is 10.1. The fourth-order valence-corrected chi connectivity index (χ4v) is 1.65. The van der Waals surface area contributed by atoms with Crippen molar-refractivity contribution in [2.24, 2.45) is 0 Å². The minimum absolute atomic E-state index is 0.0489. The van der Waals surface area contributed by atoms with Crippen molar-refractivity contribution < 1.29 is 8.78 Å². The van der Waals surface area contributed by atoms with E-state index in [-0.39, 0.29) is 5.56 Å². The van der Waals surface area contributed by atoms with Crippen LogP contribution in [-0.4, -0.2) is 9.78 Å². The zero-order valence-electron chi connectivity index (χ0n) is 9.17. The van der Waals surface area contributed by atoms with E-state index in [1.165, 1.54) is 18.2 Å². The second kappa shape index (κ2) is 4.04. The molecule has 16 heavy (non-hydrogen) atoms. The topological polar surface area (TPSA) is 17.8 Å². The van der Waals surface area contributed by atoms with Crippen LogP contribution >= 0.6 is 0 Å². The monoisotopic (exact) mass is 222 g/mol. The maximum absolute atomic E-state index is 13.5. The number of halogens is 2. The van der Waals surface area contributed by atoms with E-state index in [0.717, 1.165) is 5.56 Å². The largest absolute Gasteiger partial charge is 0.272 e. The van der Waals surface area contributed by atoms with Gasteiger partial charge in [0.15, 0.2) is 0 Å². The van der Waals surface area contributed by atoms with Crippen LogP contribution in [0.4, 0.5) is 8.78 Å². The van der Waals surface area contributed by atoms with Gasteiger partial charge in [-0.15, -0.1) is 0 Å². The van der Waals surface area contributed by atoms with E-state index in [0.29, 0.717) is 12.2 Å². The molecule has 0 radical (unpaired) electrons. The highest BCUT2D eigenvalue weighted by Gasteiger charge is 2.16. The van der Waals surface area contributed by atoms with Gasteiger partial charge in [0, 0.05) is 12.7 Å². The van der Waals surface area contributed by atoms with Crippen molar-refractivity contribution in [2.45, 2.75) is 20.4 Å². The van der Waals surface area contributed by atoms with E-state index in [4.69, 9.17) is 0 Å². The summed E-state index contributed by atoms with van der Waals surface area (Å²) >= 11 is 0. The molecule has 4 heteroatoms. The summed E-state index contributed by atoms with van der Waals surface area (Å²) in [5.74, 6) is -1.16. The molecule has 0 saturated carbocycles. The molecule has 0 N–H and O–H groups in total. The van der Waals surface area contributed by atoms with Crippen molar-refractivity contribution in [2.75, 3.05) is 0 Å². The summed E-state index contributed by atoms with van der Waals surface area (Å²) in [6.45, 7) is 4.39. The van der Waals surface area contributed by atoms with E-state index in [1.54, 1.807) is 17.8 Å². The van der Waals surface area contributed by atoms with Gasteiger partial charge in [-0.05, 0) is 31.5 Å². The molecular formula is C12H12F2N2. The molecule has 0 aliphatic rings. The molecule has 0 unspecified atom stereocenters. The molecule has 2 aromatic rings. The van der Waals surface area contributed by atoms with Crippen molar-refractivity contribution in [1.82, 2.24) is 9.78 Å². The average molecular weight is 222 g/mol. The van der Waals surface area contributed by atoms with Crippen molar-refractivity contribution >= 4 is 0 Å². The third-order valence-electron chi connectivity index (χ3n) is 2.47. The van der Waals surface area contributed by atoms with Gasteiger partial charge in [-0.25, -0.2) is 8.78 Å². The minimum Gasteiger partial charge on any atom is -0.272 e. The Morgan fingerprint density at radius 1 is 1.25 bits per heavy atom. The molecule has 0 atom stereocenters. The van der Waals surface area contributed by atoms with E-state index in [1.807, 2.05) is 6.92 Å². The van der Waals surface area contributed by atoms with Gasteiger partial charge < -0.3 is 0 Å². The molecule has 84 valence electrons. The van der Waals surface area contributed by atoms with Gasteiger partial charge in [0.25, 0.3) is 0 Å². The number of nitrogens with zero attached hydrogens (tertiary/aromatic N) is 2. The Morgan fingerprint density at radius 3 is 2.38 bits per heavy atom. The summed E-state index contributed by atoms with van der Waals surface area (Å²) in [6, 6.07) is 3.83. The highest BCUT2D eigenvalue weighted by Crippen LogP contribution is 2.27. The quantitative estimate of drug-likeness (QED) is 0.763. The van der Waals surface area contributed by atoms with Crippen LogP contribution in [0.15, 0.2) is 24.4 Å². The molecule has 0 bridgehead atoms. The molecule has 2 nitrogen and oxygen atoms in total. The Balaban J connectivity index is 2.62. The average Bonchev–Trinajstić information content (AvgIpc) is 2.60. The summed E-state index contributed by atoms with van der Waals surface area (Å²) in [7, 11) is 0. The third-order valence-corrected chi connectivity index (χ3v) is 2.47. The van der Waals surface area contributed by atoms with Crippen LogP contribution in [0.2, 0.25) is 0 Å². The fraction of sp³-hybridized carbons (Fsp3) is 0.250. The van der Waals surface area contributed by atoms with E-state index in [2.05, 4.69) is 5.10 Å². The maximum Gasteiger partial charge on any atom is 0.135 e. The molecule has 0 aliphatic carbocycles. The molecule has 0 saturated heterocycles. The molecule has 0 aliphatic heterocycles. The molecular weight excluding hydrogens is 210 g/mol. The summed E-state index contributed by atoms with van der Waals surface area (Å²) in [4.78, 5) is 0. The van der Waals surface area contributed by atoms with Crippen LogP contribution in [-0.2, 0) is 6.54 Å². The van der Waals surface area contributed by atoms with Gasteiger partial charge in [-0.3, -0.25) is 4.68 Å². The fourth-order valence-electron chi connectivity index (χ4n) is 1.65. The van der Waals surface area contributed by atoms with Crippen LogP contribution in [0.3, 0.4) is 0 Å². The summed E-state index contributed by atoms with van der Waals surface area (Å²) in [5, 5.41) is 4.16. The van der Waals surface area contributed by atoms with E-state index < -0.39 is 11.6 Å². The van der Waals surface area contributed by atoms with Crippen molar-refractivity contribution in [1.29, 1.82) is 0 Å². The molecule has 1 heterocycles. The van der Waals surface area contributed by atoms with Gasteiger partial charge in [-0.2, -0.15) is 5.10 Å². The SMILES string of the molecule is CCn1cc(C)c(-c2c(F)cccc2F)n1. The number of hydrogen-bond acceptors (Lipinski definition) is 1. The van der Waals surface area contributed by atoms with Gasteiger partial charge in [0.1, 0.15) is 17.3 Å². The smallest absolute Gasteiger partial charge is 0.135 e.